The molecule has 3 aromatic rings. The lowest BCUT2D eigenvalue weighted by Gasteiger charge is -2.58. The average molecular weight is 399 g/mol. The van der Waals surface area contributed by atoms with E-state index in [1.54, 1.807) is 0 Å². The average Bonchev–Trinajstić information content (AvgIpc) is 3.39. The molecule has 30 heavy (non-hydrogen) atoms. The van der Waals surface area contributed by atoms with E-state index in [1.807, 2.05) is 6.07 Å². The number of aromatic nitrogens is 1. The number of para-hydroxylation sites is 1. The van der Waals surface area contributed by atoms with Crippen LogP contribution in [0.25, 0.3) is 10.9 Å². The molecule has 5 aliphatic rings. The first kappa shape index (κ1) is 16.3. The van der Waals surface area contributed by atoms with Crippen LogP contribution in [0.4, 0.5) is 0 Å². The third-order valence-corrected chi connectivity index (χ3v) is 8.95. The van der Waals surface area contributed by atoms with E-state index in [1.165, 1.54) is 52.7 Å². The fourth-order valence-corrected chi connectivity index (χ4v) is 7.55. The third-order valence-electron chi connectivity index (χ3n) is 8.95. The highest BCUT2D eigenvalue weighted by atomic mass is 16.5. The molecule has 0 unspecified atom stereocenters. The smallest absolute Gasteiger partial charge is 0.166 e. The molecule has 3 heterocycles. The number of aromatic hydroxyl groups is 1. The number of rotatable bonds is 2. The monoisotopic (exact) mass is 398 g/mol. The van der Waals surface area contributed by atoms with Gasteiger partial charge in [-0.05, 0) is 73.7 Å². The summed E-state index contributed by atoms with van der Waals surface area (Å²) in [5.74, 6) is 2.55. The van der Waals surface area contributed by atoms with E-state index in [0.717, 1.165) is 37.5 Å². The van der Waals surface area contributed by atoms with Gasteiger partial charge in [0.1, 0.15) is 6.10 Å². The van der Waals surface area contributed by atoms with Gasteiger partial charge in [-0.25, -0.2) is 0 Å². The number of H-pyrrole nitrogens is 1. The number of phenols is 1. The van der Waals surface area contributed by atoms with Gasteiger partial charge in [0.05, 0.1) is 5.69 Å². The molecular weight excluding hydrogens is 372 g/mol. The summed E-state index contributed by atoms with van der Waals surface area (Å²) in [6.07, 6.45) is 6.14. The van der Waals surface area contributed by atoms with Gasteiger partial charge < -0.3 is 14.8 Å². The van der Waals surface area contributed by atoms with Crippen LogP contribution in [0.3, 0.4) is 0 Å². The fourth-order valence-electron chi connectivity index (χ4n) is 7.55. The van der Waals surface area contributed by atoms with Gasteiger partial charge >= 0.3 is 0 Å². The zero-order chi connectivity index (χ0) is 19.6. The summed E-state index contributed by atoms with van der Waals surface area (Å²) in [6, 6.07) is 13.3. The van der Waals surface area contributed by atoms with Gasteiger partial charge in [0.25, 0.3) is 0 Å². The van der Waals surface area contributed by atoms with Crippen molar-refractivity contribution in [3.63, 3.8) is 0 Å². The summed E-state index contributed by atoms with van der Waals surface area (Å²) in [6.45, 7) is 2.42. The van der Waals surface area contributed by atoms with Gasteiger partial charge in [0.2, 0.25) is 0 Å². The summed E-state index contributed by atoms with van der Waals surface area (Å²) in [4.78, 5) is 6.55. The maximum atomic E-state index is 10.7. The van der Waals surface area contributed by atoms with Crippen LogP contribution in [0.5, 0.6) is 11.5 Å². The van der Waals surface area contributed by atoms with Crippen LogP contribution in [-0.2, 0) is 18.3 Å². The summed E-state index contributed by atoms with van der Waals surface area (Å²) >= 11 is 0. The minimum Gasteiger partial charge on any atom is -0.504 e. The molecule has 2 aromatic carbocycles. The Labute approximate surface area is 175 Å². The van der Waals surface area contributed by atoms with Gasteiger partial charge in [0.15, 0.2) is 11.5 Å². The first-order valence-corrected chi connectivity index (χ1v) is 11.6. The highest BCUT2D eigenvalue weighted by Gasteiger charge is 2.65. The first-order chi connectivity index (χ1) is 14.7. The summed E-state index contributed by atoms with van der Waals surface area (Å²) < 4.78 is 6.69. The number of benzene rings is 2. The zero-order valence-corrected chi connectivity index (χ0v) is 17.0. The molecule has 2 bridgehead atoms. The van der Waals surface area contributed by atoms with E-state index in [9.17, 15) is 5.11 Å². The molecule has 8 rings (SSSR count). The van der Waals surface area contributed by atoms with E-state index in [0.29, 0.717) is 17.7 Å². The number of aromatic amines is 1. The van der Waals surface area contributed by atoms with Crippen molar-refractivity contribution < 1.29 is 9.84 Å². The van der Waals surface area contributed by atoms with Gasteiger partial charge in [-0.15, -0.1) is 0 Å². The zero-order valence-electron chi connectivity index (χ0n) is 17.0. The molecular formula is C26H26N2O2. The Kier molecular flexibility index (Phi) is 2.83. The quantitative estimate of drug-likeness (QED) is 0.670. The van der Waals surface area contributed by atoms with Crippen LogP contribution < -0.4 is 4.74 Å². The van der Waals surface area contributed by atoms with Crippen molar-refractivity contribution in [1.29, 1.82) is 0 Å². The van der Waals surface area contributed by atoms with Crippen LogP contribution in [0.1, 0.15) is 47.8 Å². The lowest BCUT2D eigenvalue weighted by atomic mass is 9.51. The SMILES string of the molecule is Oc1ccc2c3c1O[C@H]1c4[nH]c5ccccc5c4C[C@H]4[C@H](C2)N(CC2CC2)CC[C@]314. The van der Waals surface area contributed by atoms with Gasteiger partial charge in [-0.1, -0.05) is 24.3 Å². The number of hydrogen-bond donors (Lipinski definition) is 2. The van der Waals surface area contributed by atoms with Crippen molar-refractivity contribution in [2.75, 3.05) is 13.1 Å². The number of ether oxygens (including phenoxy) is 1. The lowest BCUT2D eigenvalue weighted by molar-refractivity contribution is -0.0370. The highest BCUT2D eigenvalue weighted by molar-refractivity contribution is 5.86. The summed E-state index contributed by atoms with van der Waals surface area (Å²) in [5, 5.41) is 12.1. The van der Waals surface area contributed by atoms with E-state index in [2.05, 4.69) is 40.2 Å². The number of nitrogens with one attached hydrogen (secondary N) is 1. The van der Waals surface area contributed by atoms with Crippen molar-refractivity contribution in [3.05, 3.63) is 58.8 Å². The van der Waals surface area contributed by atoms with Gasteiger partial charge in [-0.2, -0.15) is 0 Å². The summed E-state index contributed by atoms with van der Waals surface area (Å²) in [7, 11) is 0. The number of piperidine rings is 1. The molecule has 1 aromatic heterocycles. The normalized spacial score (nSPS) is 33.3. The molecule has 2 aliphatic heterocycles. The molecule has 4 heteroatoms. The van der Waals surface area contributed by atoms with Crippen molar-refractivity contribution in [1.82, 2.24) is 9.88 Å². The molecule has 3 aliphatic carbocycles. The van der Waals surface area contributed by atoms with Crippen molar-refractivity contribution >= 4 is 10.9 Å². The maximum Gasteiger partial charge on any atom is 0.166 e. The third kappa shape index (κ3) is 1.80. The first-order valence-electron chi connectivity index (χ1n) is 11.6. The Morgan fingerprint density at radius 3 is 2.93 bits per heavy atom. The van der Waals surface area contributed by atoms with Crippen LogP contribution in [0.15, 0.2) is 36.4 Å². The highest BCUT2D eigenvalue weighted by Crippen LogP contribution is 2.67. The number of likely N-dealkylation sites (tertiary alicyclic amines) is 1. The van der Waals surface area contributed by atoms with Gasteiger partial charge in [0, 0.05) is 34.5 Å². The molecule has 1 saturated carbocycles. The standard InChI is InChI=1S/C26H26N2O2/c29-21-8-7-15-11-20-18-12-17-16-3-1-2-4-19(16)27-23(17)25-26(18,22(15)24(21)30-25)9-10-28(20)13-14-5-6-14/h1-4,7-8,14,18,20,25,27,29H,5-6,9-13H2/t18-,20-,25-,26-/m0/s1. The minimum atomic E-state index is -0.00780. The van der Waals surface area contributed by atoms with E-state index < -0.39 is 0 Å². The fraction of sp³-hybridized carbons (Fsp3) is 0.462. The van der Waals surface area contributed by atoms with E-state index >= 15 is 0 Å². The van der Waals surface area contributed by atoms with E-state index in [4.69, 9.17) is 4.74 Å². The maximum absolute atomic E-state index is 10.7. The molecule has 4 nitrogen and oxygen atoms in total. The Balaban J connectivity index is 1.39. The molecule has 2 fully saturated rings. The molecule has 1 saturated heterocycles. The number of phenolic OH excluding ortho intramolecular Hbond substituents is 1. The van der Waals surface area contributed by atoms with Crippen molar-refractivity contribution in [2.45, 2.75) is 49.7 Å². The number of fused-ring (bicyclic) bond motifs is 4. The van der Waals surface area contributed by atoms with Crippen LogP contribution in [0, 0.1) is 11.8 Å². The summed E-state index contributed by atoms with van der Waals surface area (Å²) in [5.41, 5.74) is 6.66. The molecule has 0 radical (unpaired) electrons. The van der Waals surface area contributed by atoms with Crippen LogP contribution in [0.2, 0.25) is 0 Å². The molecule has 2 N–H and O–H groups in total. The largest absolute Gasteiger partial charge is 0.504 e. The Morgan fingerprint density at radius 2 is 2.03 bits per heavy atom. The Hall–Kier alpha value is -2.46. The molecule has 4 atom stereocenters. The predicted molar refractivity (Wildman–Crippen MR) is 115 cm³/mol. The predicted octanol–water partition coefficient (Wildman–Crippen LogP) is 4.46. The molecule has 1 spiro atoms. The Bertz CT molecular complexity index is 1230. The van der Waals surface area contributed by atoms with Crippen molar-refractivity contribution in [2.24, 2.45) is 11.8 Å². The Morgan fingerprint density at radius 1 is 1.13 bits per heavy atom. The van der Waals surface area contributed by atoms with Crippen LogP contribution in [-0.4, -0.2) is 34.1 Å². The topological polar surface area (TPSA) is 48.5 Å². The van der Waals surface area contributed by atoms with Crippen LogP contribution >= 0.6 is 0 Å². The molecule has 0 amide bonds. The number of hydrogen-bond acceptors (Lipinski definition) is 3. The van der Waals surface area contributed by atoms with E-state index in [-0.39, 0.29) is 11.5 Å². The molecule has 152 valence electrons. The minimum absolute atomic E-state index is 0.000248. The second-order valence-corrected chi connectivity index (χ2v) is 10.3. The number of nitrogens with zero attached hydrogens (tertiary/aromatic N) is 1. The van der Waals surface area contributed by atoms with Crippen molar-refractivity contribution in [3.8, 4) is 11.5 Å². The second-order valence-electron chi connectivity index (χ2n) is 10.3. The second kappa shape index (κ2) is 5.23. The van der Waals surface area contributed by atoms with Gasteiger partial charge in [-0.3, -0.25) is 4.90 Å². The lowest BCUT2D eigenvalue weighted by Crippen LogP contribution is -2.63.